The van der Waals surface area contributed by atoms with Crippen LogP contribution in [0.1, 0.15) is 55.7 Å². The number of amides is 2. The van der Waals surface area contributed by atoms with Gasteiger partial charge in [0.15, 0.2) is 0 Å². The zero-order chi connectivity index (χ0) is 19.6. The highest BCUT2D eigenvalue weighted by atomic mass is 35.5. The molecule has 1 atom stereocenters. The van der Waals surface area contributed by atoms with E-state index in [9.17, 15) is 9.59 Å². The van der Waals surface area contributed by atoms with Crippen molar-refractivity contribution in [2.24, 2.45) is 0 Å². The normalized spacial score (nSPS) is 16.0. The molecule has 27 heavy (non-hydrogen) atoms. The molecule has 0 spiro atoms. The van der Waals surface area contributed by atoms with Crippen LogP contribution in [-0.2, 0) is 14.3 Å². The lowest BCUT2D eigenvalue weighted by molar-refractivity contribution is -0.139. The largest absolute Gasteiger partial charge is 0.385 e. The van der Waals surface area contributed by atoms with Crippen LogP contribution in [0, 0.1) is 6.92 Å². The van der Waals surface area contributed by atoms with Gasteiger partial charge in [0, 0.05) is 26.3 Å². The molecule has 1 fully saturated rings. The van der Waals surface area contributed by atoms with Gasteiger partial charge in [-0.2, -0.15) is 0 Å². The molecule has 6 heteroatoms. The van der Waals surface area contributed by atoms with Crippen LogP contribution in [0.5, 0.6) is 0 Å². The Morgan fingerprint density at radius 3 is 2.48 bits per heavy atom. The number of nitrogens with one attached hydrogen (secondary N) is 1. The number of carbonyl (C=O) groups is 2. The molecule has 1 saturated carbocycles. The molecule has 0 aliphatic heterocycles. The van der Waals surface area contributed by atoms with Crippen molar-refractivity contribution < 1.29 is 14.3 Å². The van der Waals surface area contributed by atoms with Crippen molar-refractivity contribution in [3.8, 4) is 0 Å². The number of benzene rings is 1. The minimum Gasteiger partial charge on any atom is -0.385 e. The molecule has 1 unspecified atom stereocenters. The third-order valence-corrected chi connectivity index (χ3v) is 5.32. The lowest BCUT2D eigenvalue weighted by atomic mass is 9.94. The van der Waals surface area contributed by atoms with Gasteiger partial charge in [0.25, 0.3) is 0 Å². The van der Waals surface area contributed by atoms with Crippen LogP contribution < -0.4 is 5.32 Å². The predicted molar refractivity (Wildman–Crippen MR) is 108 cm³/mol. The molecule has 0 heterocycles. The Balaban J connectivity index is 2.26. The first kappa shape index (κ1) is 21.7. The highest BCUT2D eigenvalue weighted by Gasteiger charge is 2.32. The van der Waals surface area contributed by atoms with E-state index in [1.807, 2.05) is 31.2 Å². The van der Waals surface area contributed by atoms with E-state index in [4.69, 9.17) is 16.3 Å². The summed E-state index contributed by atoms with van der Waals surface area (Å²) in [6.45, 7) is 2.95. The first-order chi connectivity index (χ1) is 13.1. The van der Waals surface area contributed by atoms with Gasteiger partial charge >= 0.3 is 0 Å². The van der Waals surface area contributed by atoms with E-state index in [0.29, 0.717) is 19.6 Å². The second-order valence-corrected chi connectivity index (χ2v) is 7.49. The van der Waals surface area contributed by atoms with Crippen LogP contribution in [0.25, 0.3) is 0 Å². The number of ether oxygens (including phenoxy) is 1. The second kappa shape index (κ2) is 11.3. The zero-order valence-corrected chi connectivity index (χ0v) is 17.1. The van der Waals surface area contributed by atoms with Crippen molar-refractivity contribution in [3.63, 3.8) is 0 Å². The number of aryl methyl sites for hydroxylation is 1. The fraction of sp³-hybridized carbons (Fsp3) is 0.619. The van der Waals surface area contributed by atoms with E-state index in [1.54, 1.807) is 12.0 Å². The molecule has 0 saturated heterocycles. The Morgan fingerprint density at radius 2 is 1.89 bits per heavy atom. The van der Waals surface area contributed by atoms with Crippen molar-refractivity contribution in [1.29, 1.82) is 0 Å². The molecule has 2 rings (SSSR count). The third-order valence-electron chi connectivity index (χ3n) is 5.09. The molecule has 0 radical (unpaired) electrons. The van der Waals surface area contributed by atoms with E-state index in [2.05, 4.69) is 5.32 Å². The summed E-state index contributed by atoms with van der Waals surface area (Å²) in [5.74, 6) is -0.509. The van der Waals surface area contributed by atoms with E-state index in [0.717, 1.165) is 36.8 Å². The minimum atomic E-state index is -0.671. The molecular formula is C21H31ClN2O3. The first-order valence-corrected chi connectivity index (χ1v) is 10.3. The summed E-state index contributed by atoms with van der Waals surface area (Å²) in [4.78, 5) is 27.4. The minimum absolute atomic E-state index is 0.123. The van der Waals surface area contributed by atoms with Crippen LogP contribution in [0.3, 0.4) is 0 Å². The van der Waals surface area contributed by atoms with Crippen LogP contribution >= 0.6 is 11.6 Å². The van der Waals surface area contributed by atoms with Crippen LogP contribution in [0.15, 0.2) is 24.3 Å². The van der Waals surface area contributed by atoms with Crippen molar-refractivity contribution >= 4 is 23.4 Å². The van der Waals surface area contributed by atoms with Crippen LogP contribution in [0.4, 0.5) is 0 Å². The van der Waals surface area contributed by atoms with E-state index in [1.165, 1.54) is 6.42 Å². The van der Waals surface area contributed by atoms with Gasteiger partial charge in [0.2, 0.25) is 11.8 Å². The molecule has 1 aromatic rings. The molecule has 2 amide bonds. The lowest BCUT2D eigenvalue weighted by Gasteiger charge is -2.33. The van der Waals surface area contributed by atoms with Gasteiger partial charge in [-0.15, -0.1) is 11.6 Å². The van der Waals surface area contributed by atoms with Gasteiger partial charge in [0.05, 0.1) is 0 Å². The molecule has 1 aromatic carbocycles. The lowest BCUT2D eigenvalue weighted by Crippen LogP contribution is -2.47. The van der Waals surface area contributed by atoms with Crippen LogP contribution in [0.2, 0.25) is 0 Å². The second-order valence-electron chi connectivity index (χ2n) is 7.22. The summed E-state index contributed by atoms with van der Waals surface area (Å²) >= 11 is 5.86. The predicted octanol–water partition coefficient (Wildman–Crippen LogP) is 3.59. The molecule has 150 valence electrons. The number of carbonyl (C=O) groups excluding carboxylic acids is 2. The Kier molecular flexibility index (Phi) is 9.08. The number of alkyl halides is 1. The Hall–Kier alpha value is -1.59. The molecule has 1 N–H and O–H groups in total. The number of rotatable bonds is 9. The zero-order valence-electron chi connectivity index (χ0n) is 16.4. The van der Waals surface area contributed by atoms with Crippen molar-refractivity contribution in [2.75, 3.05) is 26.1 Å². The Morgan fingerprint density at radius 1 is 1.22 bits per heavy atom. The number of nitrogens with zero attached hydrogens (tertiary/aromatic N) is 1. The topological polar surface area (TPSA) is 58.6 Å². The third kappa shape index (κ3) is 6.51. The highest BCUT2D eigenvalue weighted by molar-refractivity contribution is 6.27. The van der Waals surface area contributed by atoms with Gasteiger partial charge in [0.1, 0.15) is 11.9 Å². The molecular weight excluding hydrogens is 364 g/mol. The van der Waals surface area contributed by atoms with Crippen LogP contribution in [-0.4, -0.2) is 48.9 Å². The number of methoxy groups -OCH3 is 1. The van der Waals surface area contributed by atoms with E-state index >= 15 is 0 Å². The summed E-state index contributed by atoms with van der Waals surface area (Å²) in [7, 11) is 1.63. The number of hydrogen-bond donors (Lipinski definition) is 1. The molecule has 0 bridgehead atoms. The molecule has 1 aliphatic rings. The molecule has 5 nitrogen and oxygen atoms in total. The average Bonchev–Trinajstić information content (AvgIpc) is 2.68. The Bertz CT molecular complexity index is 600. The summed E-state index contributed by atoms with van der Waals surface area (Å²) in [6, 6.07) is 7.29. The first-order valence-electron chi connectivity index (χ1n) is 9.78. The maximum absolute atomic E-state index is 13.2. The SMILES string of the molecule is COCCCN(C(=O)CCl)C(C(=O)NC1CCCCC1)c1ccc(C)cc1. The van der Waals surface area contributed by atoms with E-state index < -0.39 is 6.04 Å². The van der Waals surface area contributed by atoms with Gasteiger partial charge in [-0.3, -0.25) is 9.59 Å². The quantitative estimate of drug-likeness (QED) is 0.514. The molecule has 1 aliphatic carbocycles. The number of hydrogen-bond acceptors (Lipinski definition) is 3. The van der Waals surface area contributed by atoms with E-state index in [-0.39, 0.29) is 23.7 Å². The summed E-state index contributed by atoms with van der Waals surface area (Å²) < 4.78 is 5.12. The summed E-state index contributed by atoms with van der Waals surface area (Å²) in [5.41, 5.74) is 1.92. The van der Waals surface area contributed by atoms with Gasteiger partial charge in [-0.25, -0.2) is 0 Å². The van der Waals surface area contributed by atoms with Crippen molar-refractivity contribution in [2.45, 2.75) is 57.5 Å². The smallest absolute Gasteiger partial charge is 0.247 e. The highest BCUT2D eigenvalue weighted by Crippen LogP contribution is 2.25. The standard InChI is InChI=1S/C21H31ClN2O3/c1-16-9-11-17(12-10-16)20(21(26)23-18-7-4-3-5-8-18)24(19(25)15-22)13-6-14-27-2/h9-12,18,20H,3-8,13-15H2,1-2H3,(H,23,26). The fourth-order valence-corrected chi connectivity index (χ4v) is 3.76. The average molecular weight is 395 g/mol. The van der Waals surface area contributed by atoms with Gasteiger partial charge < -0.3 is 15.0 Å². The summed E-state index contributed by atoms with van der Waals surface area (Å²) in [6.07, 6.45) is 6.15. The molecule has 0 aromatic heterocycles. The monoisotopic (exact) mass is 394 g/mol. The summed E-state index contributed by atoms with van der Waals surface area (Å²) in [5, 5.41) is 3.17. The maximum Gasteiger partial charge on any atom is 0.247 e. The van der Waals surface area contributed by atoms with Gasteiger partial charge in [-0.05, 0) is 31.7 Å². The Labute approximate surface area is 167 Å². The van der Waals surface area contributed by atoms with Gasteiger partial charge in [-0.1, -0.05) is 49.1 Å². The maximum atomic E-state index is 13.2. The number of halogens is 1. The van der Waals surface area contributed by atoms with Crippen molar-refractivity contribution in [3.05, 3.63) is 35.4 Å². The van der Waals surface area contributed by atoms with Crippen molar-refractivity contribution in [1.82, 2.24) is 10.2 Å². The fourth-order valence-electron chi connectivity index (χ4n) is 3.60.